The van der Waals surface area contributed by atoms with Gasteiger partial charge in [0.15, 0.2) is 0 Å². The summed E-state index contributed by atoms with van der Waals surface area (Å²) in [6.07, 6.45) is 19.5. The summed E-state index contributed by atoms with van der Waals surface area (Å²) in [4.78, 5) is 13.1. The maximum atomic E-state index is 10.6. The number of hydrogen-bond donors (Lipinski definition) is 1. The van der Waals surface area contributed by atoms with Gasteiger partial charge in [-0.2, -0.15) is 0 Å². The zero-order valence-corrected chi connectivity index (χ0v) is 57.9. The lowest BCUT2D eigenvalue weighted by molar-refractivity contribution is -0.0522. The van der Waals surface area contributed by atoms with Gasteiger partial charge >= 0.3 is 0 Å². The molecule has 6 fully saturated rings. The van der Waals surface area contributed by atoms with Gasteiger partial charge in [-0.05, 0) is 271 Å². The number of aliphatic hydroxyl groups is 1. The third-order valence-electron chi connectivity index (χ3n) is 17.9. The van der Waals surface area contributed by atoms with Crippen molar-refractivity contribution in [3.63, 3.8) is 0 Å². The fraction of sp³-hybridized carbons (Fsp3) is 1.00. The molecule has 76 heavy (non-hydrogen) atoms. The van der Waals surface area contributed by atoms with Gasteiger partial charge < -0.3 is 5.11 Å². The normalized spacial score (nSPS) is 25.8. The Morgan fingerprint density at radius 3 is 0.987 bits per heavy atom. The minimum Gasteiger partial charge on any atom is -0.390 e. The fourth-order valence-corrected chi connectivity index (χ4v) is 14.1. The molecular formula is C70H143N5O. The van der Waals surface area contributed by atoms with Crippen LogP contribution in [0.3, 0.4) is 0 Å². The molecule has 0 aromatic heterocycles. The van der Waals surface area contributed by atoms with Crippen molar-refractivity contribution in [1.29, 1.82) is 0 Å². The molecular weight excluding hydrogens is 927 g/mol. The van der Waals surface area contributed by atoms with Crippen LogP contribution in [0.25, 0.3) is 0 Å². The molecule has 6 heterocycles. The van der Waals surface area contributed by atoms with Crippen LogP contribution in [-0.4, -0.2) is 127 Å². The van der Waals surface area contributed by atoms with Crippen LogP contribution >= 0.6 is 0 Å². The number of nitrogens with zero attached hydrogens (tertiary/aromatic N) is 5. The molecule has 3 atom stereocenters. The quantitative estimate of drug-likeness (QED) is 0.286. The summed E-state index contributed by atoms with van der Waals surface area (Å²) in [5, 5.41) is 10.6. The van der Waals surface area contributed by atoms with E-state index >= 15 is 0 Å². The largest absolute Gasteiger partial charge is 0.390 e. The van der Waals surface area contributed by atoms with Crippen LogP contribution in [0.15, 0.2) is 0 Å². The van der Waals surface area contributed by atoms with E-state index < -0.39 is 5.60 Å². The lowest BCUT2D eigenvalue weighted by atomic mass is 9.77. The van der Waals surface area contributed by atoms with E-state index in [2.05, 4.69) is 232 Å². The molecule has 6 rings (SSSR count). The van der Waals surface area contributed by atoms with Crippen LogP contribution in [0.5, 0.6) is 0 Å². The number of fused-ring (bicyclic) bond motifs is 2. The van der Waals surface area contributed by atoms with Crippen molar-refractivity contribution in [3.05, 3.63) is 0 Å². The second-order valence-electron chi connectivity index (χ2n) is 37.6. The van der Waals surface area contributed by atoms with Crippen LogP contribution in [0, 0.1) is 50.7 Å². The van der Waals surface area contributed by atoms with Gasteiger partial charge in [-0.3, -0.25) is 24.5 Å². The average Bonchev–Trinajstić information content (AvgIpc) is 3.75. The van der Waals surface area contributed by atoms with Gasteiger partial charge in [0.05, 0.1) is 5.60 Å². The molecule has 6 aliphatic heterocycles. The van der Waals surface area contributed by atoms with Crippen molar-refractivity contribution in [3.8, 4) is 0 Å². The van der Waals surface area contributed by atoms with Gasteiger partial charge in [0.2, 0.25) is 0 Å². The molecule has 0 aliphatic carbocycles. The van der Waals surface area contributed by atoms with Crippen LogP contribution in [0.1, 0.15) is 304 Å². The highest BCUT2D eigenvalue weighted by Crippen LogP contribution is 2.46. The lowest BCUT2D eigenvalue weighted by Gasteiger charge is -2.49. The first kappa shape index (κ1) is 71.9. The summed E-state index contributed by atoms with van der Waals surface area (Å²) in [6, 6.07) is 1.75. The third-order valence-corrected chi connectivity index (χ3v) is 17.9. The molecule has 2 bridgehead atoms. The molecule has 0 saturated carbocycles. The van der Waals surface area contributed by atoms with Gasteiger partial charge in [-0.1, -0.05) is 104 Å². The minimum absolute atomic E-state index is 0.241. The monoisotopic (exact) mass is 1070 g/mol. The van der Waals surface area contributed by atoms with E-state index in [0.717, 1.165) is 74.5 Å². The second kappa shape index (κ2) is 27.4. The molecule has 6 heteroatoms. The number of piperidine rings is 3. The van der Waals surface area contributed by atoms with Gasteiger partial charge in [-0.25, -0.2) is 0 Å². The SMILES string of the molecule is CC(C)(C)CC1CC2CCC(C1)N2C(C)(C)C.CC(C)(C)CC1CCN(C(C)(C)C)C1.CC(C)(C)CC1CCN(C(C)(C)C)CC1.CC(C)(C)CC1CN(C(C)(C)C)C1.CC(C)(C)CCC1(O)CCN(C(C)(C)C)CC1. The van der Waals surface area contributed by atoms with Gasteiger partial charge in [0.25, 0.3) is 0 Å². The Hall–Kier alpha value is -0.240. The van der Waals surface area contributed by atoms with Gasteiger partial charge in [0, 0.05) is 72.5 Å². The summed E-state index contributed by atoms with van der Waals surface area (Å²) in [6.45, 7) is 79.8. The summed E-state index contributed by atoms with van der Waals surface area (Å²) in [5.41, 5.74) is 3.68. The molecule has 0 amide bonds. The molecule has 6 saturated heterocycles. The third kappa shape index (κ3) is 28.6. The molecule has 0 radical (unpaired) electrons. The molecule has 454 valence electrons. The van der Waals surface area contributed by atoms with E-state index in [1.54, 1.807) is 0 Å². The Morgan fingerprint density at radius 1 is 0.329 bits per heavy atom. The van der Waals surface area contributed by atoms with Crippen LogP contribution < -0.4 is 0 Å². The van der Waals surface area contributed by atoms with Crippen molar-refractivity contribution < 1.29 is 5.11 Å². The maximum absolute atomic E-state index is 10.6. The second-order valence-corrected chi connectivity index (χ2v) is 37.6. The molecule has 1 N–H and O–H groups in total. The zero-order chi connectivity index (χ0) is 59.1. The Labute approximate surface area is 480 Å². The Bertz CT molecular complexity index is 1590. The van der Waals surface area contributed by atoms with E-state index in [1.807, 2.05) is 0 Å². The molecule has 0 spiro atoms. The van der Waals surface area contributed by atoms with E-state index in [9.17, 15) is 5.11 Å². The fourth-order valence-electron chi connectivity index (χ4n) is 14.1. The summed E-state index contributed by atoms with van der Waals surface area (Å²) in [5.74, 6) is 3.81. The smallest absolute Gasteiger partial charge is 0.0672 e. The number of likely N-dealkylation sites (tertiary alicyclic amines) is 4. The van der Waals surface area contributed by atoms with E-state index in [0.29, 0.717) is 49.2 Å². The molecule has 6 nitrogen and oxygen atoms in total. The summed E-state index contributed by atoms with van der Waals surface area (Å²) < 4.78 is 0. The van der Waals surface area contributed by atoms with Gasteiger partial charge in [-0.15, -0.1) is 0 Å². The Morgan fingerprint density at radius 2 is 0.645 bits per heavy atom. The first-order valence-corrected chi connectivity index (χ1v) is 32.2. The van der Waals surface area contributed by atoms with Crippen molar-refractivity contribution >= 4 is 0 Å². The van der Waals surface area contributed by atoms with Crippen molar-refractivity contribution in [2.45, 2.75) is 349 Å². The first-order valence-electron chi connectivity index (χ1n) is 32.2. The molecule has 3 unspecified atom stereocenters. The van der Waals surface area contributed by atoms with E-state index in [-0.39, 0.29) is 5.54 Å². The van der Waals surface area contributed by atoms with E-state index in [4.69, 9.17) is 0 Å². The van der Waals surface area contributed by atoms with Crippen molar-refractivity contribution in [1.82, 2.24) is 24.5 Å². The number of rotatable bonds is 6. The van der Waals surface area contributed by atoms with Gasteiger partial charge in [0.1, 0.15) is 0 Å². The molecule has 0 aromatic carbocycles. The Kier molecular flexibility index (Phi) is 25.9. The topological polar surface area (TPSA) is 36.4 Å². The van der Waals surface area contributed by atoms with Crippen LogP contribution in [0.4, 0.5) is 0 Å². The highest BCUT2D eigenvalue weighted by molar-refractivity contribution is 5.01. The van der Waals surface area contributed by atoms with Crippen LogP contribution in [0.2, 0.25) is 0 Å². The highest BCUT2D eigenvalue weighted by atomic mass is 16.3. The summed E-state index contributed by atoms with van der Waals surface area (Å²) in [7, 11) is 0. The van der Waals surface area contributed by atoms with E-state index in [1.165, 1.54) is 110 Å². The zero-order valence-electron chi connectivity index (χ0n) is 57.9. The lowest BCUT2D eigenvalue weighted by Crippen LogP contribution is -2.56. The highest BCUT2D eigenvalue weighted by Gasteiger charge is 2.46. The van der Waals surface area contributed by atoms with Crippen molar-refractivity contribution in [2.75, 3.05) is 52.4 Å². The first-order chi connectivity index (χ1) is 33.7. The standard InChI is InChI=1S/C16H31N.C15H31NO.C14H29N.C13H27N.C12H25N/c1-15(2,3)11-12-9-13-7-8-14(10-12)17(13)16(4,5)6;1-13(2,3)7-8-15(17)9-11-16(12-10-15)14(4,5)6;1-13(2,3)11-12-7-9-15(10-8-12)14(4,5)6;1-12(2,3)9-11-7-8-14(10-11)13(4,5)6;1-11(2,3)7-10-8-13(9-10)12(4,5)6/h12-14H,7-11H2,1-6H3;17H,7-12H2,1-6H3;12H,7-11H2,1-6H3;11H,7-10H2,1-6H3;10H,7-9H2,1-6H3. The predicted octanol–water partition coefficient (Wildman–Crippen LogP) is 18.5. The minimum atomic E-state index is -0.408. The maximum Gasteiger partial charge on any atom is 0.0672 e. The predicted molar refractivity (Wildman–Crippen MR) is 340 cm³/mol. The molecule has 0 aromatic rings. The summed E-state index contributed by atoms with van der Waals surface area (Å²) >= 11 is 0. The van der Waals surface area contributed by atoms with Crippen LogP contribution in [-0.2, 0) is 0 Å². The Balaban J connectivity index is 0.000000326. The van der Waals surface area contributed by atoms with Crippen molar-refractivity contribution in [2.24, 2.45) is 50.7 Å². The average molecular weight is 1070 g/mol. The number of hydrogen-bond acceptors (Lipinski definition) is 6. The molecule has 6 aliphatic rings.